The van der Waals surface area contributed by atoms with Crippen LogP contribution < -0.4 is 11.1 Å². The van der Waals surface area contributed by atoms with E-state index < -0.39 is 5.41 Å². The van der Waals surface area contributed by atoms with Crippen molar-refractivity contribution in [2.75, 3.05) is 19.6 Å². The zero-order valence-corrected chi connectivity index (χ0v) is 11.0. The van der Waals surface area contributed by atoms with Crippen molar-refractivity contribution in [1.82, 2.24) is 10.2 Å². The van der Waals surface area contributed by atoms with Crippen LogP contribution in [0.5, 0.6) is 0 Å². The summed E-state index contributed by atoms with van der Waals surface area (Å²) < 4.78 is 0. The maximum Gasteiger partial charge on any atom is 0.224 e. The minimum absolute atomic E-state index is 0.140. The summed E-state index contributed by atoms with van der Waals surface area (Å²) >= 11 is 0. The number of nitrogens with zero attached hydrogens (tertiary/aromatic N) is 1. The molecule has 17 heavy (non-hydrogen) atoms. The monoisotopic (exact) mass is 241 g/mol. The second-order valence-electron chi connectivity index (χ2n) is 5.41. The molecule has 0 aromatic rings. The molecule has 1 fully saturated rings. The highest BCUT2D eigenvalue weighted by atomic mass is 16.2. The zero-order valence-electron chi connectivity index (χ0n) is 11.0. The van der Waals surface area contributed by atoms with Crippen molar-refractivity contribution in [3.05, 3.63) is 0 Å². The third-order valence-electron chi connectivity index (χ3n) is 3.44. The lowest BCUT2D eigenvalue weighted by atomic mass is 9.91. The first-order valence-corrected chi connectivity index (χ1v) is 6.12. The van der Waals surface area contributed by atoms with Crippen molar-refractivity contribution in [2.24, 2.45) is 11.1 Å². The SMILES string of the molecule is CC(=O)N1CCC(NCC(C)(C)C(N)=O)CC1. The second kappa shape index (κ2) is 5.49. The summed E-state index contributed by atoms with van der Waals surface area (Å²) in [6.45, 7) is 7.46. The zero-order chi connectivity index (χ0) is 13.1. The van der Waals surface area contributed by atoms with Crippen LogP contribution in [0.1, 0.15) is 33.6 Å². The van der Waals surface area contributed by atoms with Gasteiger partial charge in [0.15, 0.2) is 0 Å². The van der Waals surface area contributed by atoms with E-state index in [0.29, 0.717) is 12.6 Å². The van der Waals surface area contributed by atoms with Crippen LogP contribution in [0.3, 0.4) is 0 Å². The fraction of sp³-hybridized carbons (Fsp3) is 0.833. The third kappa shape index (κ3) is 4.00. The summed E-state index contributed by atoms with van der Waals surface area (Å²) in [4.78, 5) is 24.2. The molecule has 1 rings (SSSR count). The first kappa shape index (κ1) is 14.0. The molecule has 1 saturated heterocycles. The molecule has 2 amide bonds. The molecule has 1 heterocycles. The van der Waals surface area contributed by atoms with E-state index >= 15 is 0 Å². The fourth-order valence-electron chi connectivity index (χ4n) is 1.89. The smallest absolute Gasteiger partial charge is 0.224 e. The topological polar surface area (TPSA) is 75.4 Å². The number of likely N-dealkylation sites (tertiary alicyclic amines) is 1. The van der Waals surface area contributed by atoms with Gasteiger partial charge in [-0.15, -0.1) is 0 Å². The lowest BCUT2D eigenvalue weighted by Crippen LogP contribution is -2.48. The number of rotatable bonds is 4. The van der Waals surface area contributed by atoms with Gasteiger partial charge in [0.1, 0.15) is 0 Å². The quantitative estimate of drug-likeness (QED) is 0.733. The molecule has 98 valence electrons. The van der Waals surface area contributed by atoms with Gasteiger partial charge in [-0.05, 0) is 26.7 Å². The molecular weight excluding hydrogens is 218 g/mol. The van der Waals surface area contributed by atoms with Gasteiger partial charge < -0.3 is 16.0 Å². The molecule has 5 nitrogen and oxygen atoms in total. The molecule has 0 aliphatic carbocycles. The molecule has 5 heteroatoms. The first-order chi connectivity index (χ1) is 7.83. The Bertz CT molecular complexity index is 294. The van der Waals surface area contributed by atoms with E-state index in [0.717, 1.165) is 25.9 Å². The highest BCUT2D eigenvalue weighted by Gasteiger charge is 2.27. The molecule has 0 bridgehead atoms. The Morgan fingerprint density at radius 2 is 1.88 bits per heavy atom. The van der Waals surface area contributed by atoms with E-state index in [1.165, 1.54) is 0 Å². The summed E-state index contributed by atoms with van der Waals surface area (Å²) in [6.07, 6.45) is 1.88. The normalized spacial score (nSPS) is 18.2. The molecule has 3 N–H and O–H groups in total. The number of nitrogens with two attached hydrogens (primary N) is 1. The number of hydrogen-bond acceptors (Lipinski definition) is 3. The molecule has 0 spiro atoms. The van der Waals surface area contributed by atoms with Gasteiger partial charge >= 0.3 is 0 Å². The molecule has 0 radical (unpaired) electrons. The predicted octanol–water partition coefficient (Wildman–Crippen LogP) is 0.0984. The van der Waals surface area contributed by atoms with Gasteiger partial charge in [-0.25, -0.2) is 0 Å². The van der Waals surface area contributed by atoms with Crippen LogP contribution in [0.2, 0.25) is 0 Å². The van der Waals surface area contributed by atoms with Gasteiger partial charge in [0.25, 0.3) is 0 Å². The molecule has 0 saturated carbocycles. The van der Waals surface area contributed by atoms with Crippen molar-refractivity contribution >= 4 is 11.8 Å². The largest absolute Gasteiger partial charge is 0.369 e. The van der Waals surface area contributed by atoms with Crippen molar-refractivity contribution in [3.8, 4) is 0 Å². The van der Waals surface area contributed by atoms with E-state index in [-0.39, 0.29) is 11.8 Å². The summed E-state index contributed by atoms with van der Waals surface area (Å²) in [5, 5.41) is 3.36. The summed E-state index contributed by atoms with van der Waals surface area (Å²) in [5.74, 6) is -0.146. The maximum atomic E-state index is 11.2. The van der Waals surface area contributed by atoms with Gasteiger partial charge in [0, 0.05) is 32.6 Å². The Hall–Kier alpha value is -1.10. The number of nitrogens with one attached hydrogen (secondary N) is 1. The van der Waals surface area contributed by atoms with Crippen LogP contribution >= 0.6 is 0 Å². The van der Waals surface area contributed by atoms with Crippen molar-refractivity contribution < 1.29 is 9.59 Å². The number of amides is 2. The lowest BCUT2D eigenvalue weighted by Gasteiger charge is -2.33. The van der Waals surface area contributed by atoms with Crippen LogP contribution in [0.15, 0.2) is 0 Å². The van der Waals surface area contributed by atoms with E-state index in [4.69, 9.17) is 5.73 Å². The number of carbonyl (C=O) groups is 2. The molecule has 1 aliphatic heterocycles. The van der Waals surface area contributed by atoms with Gasteiger partial charge in [0.2, 0.25) is 11.8 Å². The van der Waals surface area contributed by atoms with Crippen molar-refractivity contribution in [3.63, 3.8) is 0 Å². The highest BCUT2D eigenvalue weighted by Crippen LogP contribution is 2.15. The standard InChI is InChI=1S/C12H23N3O2/c1-9(16)15-6-4-10(5-7-15)14-8-12(2,3)11(13)17/h10,14H,4-8H2,1-3H3,(H2,13,17). The van der Waals surface area contributed by atoms with Gasteiger partial charge in [-0.1, -0.05) is 0 Å². The van der Waals surface area contributed by atoms with E-state index in [1.807, 2.05) is 18.7 Å². The number of carbonyl (C=O) groups excluding carboxylic acids is 2. The van der Waals surface area contributed by atoms with Gasteiger partial charge in [-0.3, -0.25) is 9.59 Å². The fourth-order valence-corrected chi connectivity index (χ4v) is 1.89. The Balaban J connectivity index is 2.32. The third-order valence-corrected chi connectivity index (χ3v) is 3.44. The highest BCUT2D eigenvalue weighted by molar-refractivity contribution is 5.80. The van der Waals surface area contributed by atoms with Crippen LogP contribution in [0, 0.1) is 5.41 Å². The predicted molar refractivity (Wildman–Crippen MR) is 66.3 cm³/mol. The lowest BCUT2D eigenvalue weighted by molar-refractivity contribution is -0.129. The molecule has 0 unspecified atom stereocenters. The van der Waals surface area contributed by atoms with Crippen LogP contribution in [-0.2, 0) is 9.59 Å². The average molecular weight is 241 g/mol. The van der Waals surface area contributed by atoms with Crippen LogP contribution in [-0.4, -0.2) is 42.4 Å². The van der Waals surface area contributed by atoms with E-state index in [9.17, 15) is 9.59 Å². The van der Waals surface area contributed by atoms with Crippen molar-refractivity contribution in [1.29, 1.82) is 0 Å². The average Bonchev–Trinajstić information content (AvgIpc) is 2.27. The number of hydrogen-bond donors (Lipinski definition) is 2. The van der Waals surface area contributed by atoms with Crippen LogP contribution in [0.4, 0.5) is 0 Å². The Morgan fingerprint density at radius 1 is 1.35 bits per heavy atom. The van der Waals surface area contributed by atoms with E-state index in [1.54, 1.807) is 6.92 Å². The number of primary amides is 1. The van der Waals surface area contributed by atoms with Gasteiger partial charge in [0.05, 0.1) is 5.41 Å². The van der Waals surface area contributed by atoms with Crippen molar-refractivity contribution in [2.45, 2.75) is 39.7 Å². The van der Waals surface area contributed by atoms with E-state index in [2.05, 4.69) is 5.32 Å². The Labute approximate surface area is 103 Å². The first-order valence-electron chi connectivity index (χ1n) is 6.12. The molecule has 1 aliphatic rings. The minimum Gasteiger partial charge on any atom is -0.369 e. The Morgan fingerprint density at radius 3 is 2.29 bits per heavy atom. The molecule has 0 aromatic carbocycles. The Kier molecular flexibility index (Phi) is 4.51. The van der Waals surface area contributed by atoms with Crippen LogP contribution in [0.25, 0.3) is 0 Å². The molecular formula is C12H23N3O2. The summed E-state index contributed by atoms with van der Waals surface area (Å²) in [7, 11) is 0. The summed E-state index contributed by atoms with van der Waals surface area (Å²) in [6, 6.07) is 0.379. The molecule has 0 atom stereocenters. The minimum atomic E-state index is -0.516. The molecule has 0 aromatic heterocycles. The second-order valence-corrected chi connectivity index (χ2v) is 5.41. The maximum absolute atomic E-state index is 11.2. The van der Waals surface area contributed by atoms with Gasteiger partial charge in [-0.2, -0.15) is 0 Å². The summed E-state index contributed by atoms with van der Waals surface area (Å²) in [5.41, 5.74) is 4.80. The number of piperidine rings is 1.